The number of nitrogens with one attached hydrogen (secondary N) is 1. The van der Waals surface area contributed by atoms with Crippen molar-refractivity contribution in [2.75, 3.05) is 18.4 Å². The van der Waals surface area contributed by atoms with Gasteiger partial charge in [-0.05, 0) is 49.9 Å². The van der Waals surface area contributed by atoms with Crippen molar-refractivity contribution in [1.82, 2.24) is 9.88 Å². The molecule has 1 aromatic carbocycles. The number of piperidine rings is 1. The summed E-state index contributed by atoms with van der Waals surface area (Å²) >= 11 is 0. The zero-order chi connectivity index (χ0) is 19.4. The van der Waals surface area contributed by atoms with Crippen LogP contribution in [-0.4, -0.2) is 40.6 Å². The predicted molar refractivity (Wildman–Crippen MR) is 103 cm³/mol. The van der Waals surface area contributed by atoms with Crippen LogP contribution in [0.1, 0.15) is 57.9 Å². The molecule has 1 aromatic heterocycles. The van der Waals surface area contributed by atoms with Crippen LogP contribution >= 0.6 is 0 Å². The summed E-state index contributed by atoms with van der Waals surface area (Å²) in [5.74, 6) is -0.0811. The molecule has 1 unspecified atom stereocenters. The third-order valence-electron chi connectivity index (χ3n) is 4.71. The van der Waals surface area contributed by atoms with Gasteiger partial charge in [-0.2, -0.15) is 0 Å². The molecule has 1 N–H and O–H groups in total. The monoisotopic (exact) mass is 365 g/mol. The van der Waals surface area contributed by atoms with Gasteiger partial charge in [0.15, 0.2) is 5.78 Å². The fraction of sp³-hybridized carbons (Fsp3) is 0.333. The first kappa shape index (κ1) is 18.8. The van der Waals surface area contributed by atoms with Crippen molar-refractivity contribution in [2.24, 2.45) is 5.92 Å². The van der Waals surface area contributed by atoms with Crippen molar-refractivity contribution < 1.29 is 14.4 Å². The lowest BCUT2D eigenvalue weighted by Crippen LogP contribution is -2.39. The third kappa shape index (κ3) is 4.58. The van der Waals surface area contributed by atoms with E-state index in [4.69, 9.17) is 0 Å². The van der Waals surface area contributed by atoms with Gasteiger partial charge in [0, 0.05) is 36.1 Å². The smallest absolute Gasteiger partial charge is 0.274 e. The van der Waals surface area contributed by atoms with Gasteiger partial charge in [-0.15, -0.1) is 0 Å². The minimum absolute atomic E-state index is 0.0726. The maximum atomic E-state index is 12.7. The second-order valence-corrected chi connectivity index (χ2v) is 7.02. The molecular weight excluding hydrogens is 342 g/mol. The standard InChI is InChI=1S/C21H23N3O3/c1-14-5-4-10-24(13-14)21(27)17-8-9-22-19(12-17)20(26)23-18-7-3-6-16(11-18)15(2)25/h3,6-9,11-12,14H,4-5,10,13H2,1-2H3,(H,23,26). The highest BCUT2D eigenvalue weighted by Crippen LogP contribution is 2.18. The Balaban J connectivity index is 1.74. The molecule has 1 saturated heterocycles. The molecular formula is C21H23N3O3. The highest BCUT2D eigenvalue weighted by molar-refractivity contribution is 6.05. The highest BCUT2D eigenvalue weighted by Gasteiger charge is 2.23. The lowest BCUT2D eigenvalue weighted by molar-refractivity contribution is 0.0682. The second kappa shape index (κ2) is 8.12. The van der Waals surface area contributed by atoms with Crippen LogP contribution in [0.3, 0.4) is 0 Å². The van der Waals surface area contributed by atoms with Gasteiger partial charge in [-0.3, -0.25) is 19.4 Å². The van der Waals surface area contributed by atoms with E-state index in [-0.39, 0.29) is 17.4 Å². The minimum Gasteiger partial charge on any atom is -0.338 e. The van der Waals surface area contributed by atoms with E-state index in [1.54, 1.807) is 30.3 Å². The van der Waals surface area contributed by atoms with Crippen molar-refractivity contribution in [3.05, 3.63) is 59.4 Å². The number of hydrogen-bond donors (Lipinski definition) is 1. The molecule has 2 aromatic rings. The predicted octanol–water partition coefficient (Wildman–Crippen LogP) is 3.41. The first-order valence-corrected chi connectivity index (χ1v) is 9.11. The quantitative estimate of drug-likeness (QED) is 0.842. The zero-order valence-corrected chi connectivity index (χ0v) is 15.6. The van der Waals surface area contributed by atoms with Crippen molar-refractivity contribution in [1.29, 1.82) is 0 Å². The molecule has 0 spiro atoms. The number of likely N-dealkylation sites (tertiary alicyclic amines) is 1. The normalized spacial score (nSPS) is 16.7. The van der Waals surface area contributed by atoms with Gasteiger partial charge in [0.1, 0.15) is 5.69 Å². The maximum absolute atomic E-state index is 12.7. The SMILES string of the molecule is CC(=O)c1cccc(NC(=O)c2cc(C(=O)N3CCCC(C)C3)ccn2)c1. The van der Waals surface area contributed by atoms with Crippen molar-refractivity contribution in [3.8, 4) is 0 Å². The largest absolute Gasteiger partial charge is 0.338 e. The molecule has 6 heteroatoms. The van der Waals surface area contributed by atoms with Crippen LogP contribution in [0.2, 0.25) is 0 Å². The Labute approximate surface area is 158 Å². The Morgan fingerprint density at radius 1 is 1.15 bits per heavy atom. The van der Waals surface area contributed by atoms with Crippen LogP contribution in [0.5, 0.6) is 0 Å². The summed E-state index contributed by atoms with van der Waals surface area (Å²) in [6.07, 6.45) is 3.60. The van der Waals surface area contributed by atoms with Crippen LogP contribution in [-0.2, 0) is 0 Å². The number of benzene rings is 1. The number of carbonyl (C=O) groups excluding carboxylic acids is 3. The molecule has 0 radical (unpaired) electrons. The number of carbonyl (C=O) groups is 3. The lowest BCUT2D eigenvalue weighted by Gasteiger charge is -2.31. The minimum atomic E-state index is -0.419. The molecule has 6 nitrogen and oxygen atoms in total. The summed E-state index contributed by atoms with van der Waals surface area (Å²) in [7, 11) is 0. The molecule has 1 aliphatic heterocycles. The Morgan fingerprint density at radius 3 is 2.70 bits per heavy atom. The molecule has 1 atom stereocenters. The van der Waals surface area contributed by atoms with Gasteiger partial charge in [0.25, 0.3) is 11.8 Å². The number of Topliss-reactive ketones (excluding diaryl/α,β-unsaturated/α-hetero) is 1. The molecule has 1 aliphatic rings. The maximum Gasteiger partial charge on any atom is 0.274 e. The topological polar surface area (TPSA) is 79.4 Å². The lowest BCUT2D eigenvalue weighted by atomic mass is 9.99. The van der Waals surface area contributed by atoms with E-state index in [9.17, 15) is 14.4 Å². The number of rotatable bonds is 4. The number of nitrogens with zero attached hydrogens (tertiary/aromatic N) is 2. The zero-order valence-electron chi connectivity index (χ0n) is 15.6. The van der Waals surface area contributed by atoms with E-state index in [0.717, 1.165) is 25.9 Å². The summed E-state index contributed by atoms with van der Waals surface area (Å²) in [5.41, 5.74) is 1.65. The van der Waals surface area contributed by atoms with E-state index in [1.807, 2.05) is 4.90 Å². The number of ketones is 1. The fourth-order valence-corrected chi connectivity index (χ4v) is 3.26. The molecule has 2 amide bonds. The Bertz CT molecular complexity index is 878. The highest BCUT2D eigenvalue weighted by atomic mass is 16.2. The van der Waals surface area contributed by atoms with Crippen molar-refractivity contribution in [3.63, 3.8) is 0 Å². The van der Waals surface area contributed by atoms with Crippen molar-refractivity contribution in [2.45, 2.75) is 26.7 Å². The average molecular weight is 365 g/mol. The van der Waals surface area contributed by atoms with Crippen LogP contribution < -0.4 is 5.32 Å². The van der Waals surface area contributed by atoms with E-state index in [2.05, 4.69) is 17.2 Å². The Morgan fingerprint density at radius 2 is 1.96 bits per heavy atom. The van der Waals surface area contributed by atoms with Crippen LogP contribution in [0.25, 0.3) is 0 Å². The summed E-state index contributed by atoms with van der Waals surface area (Å²) < 4.78 is 0. The Hall–Kier alpha value is -3.02. The number of aromatic nitrogens is 1. The van der Waals surface area contributed by atoms with Crippen molar-refractivity contribution >= 4 is 23.3 Å². The van der Waals surface area contributed by atoms with Gasteiger partial charge in [-0.1, -0.05) is 19.1 Å². The summed E-state index contributed by atoms with van der Waals surface area (Å²) in [6, 6.07) is 9.87. The van der Waals surface area contributed by atoms with E-state index < -0.39 is 5.91 Å². The van der Waals surface area contributed by atoms with E-state index in [1.165, 1.54) is 19.2 Å². The number of amides is 2. The molecule has 3 rings (SSSR count). The number of pyridine rings is 1. The third-order valence-corrected chi connectivity index (χ3v) is 4.71. The fourth-order valence-electron chi connectivity index (χ4n) is 3.26. The van der Waals surface area contributed by atoms with Gasteiger partial charge >= 0.3 is 0 Å². The van der Waals surface area contributed by atoms with Crippen LogP contribution in [0.15, 0.2) is 42.6 Å². The first-order valence-electron chi connectivity index (χ1n) is 9.11. The van der Waals surface area contributed by atoms with Gasteiger partial charge in [0.05, 0.1) is 0 Å². The Kier molecular flexibility index (Phi) is 5.64. The summed E-state index contributed by atoms with van der Waals surface area (Å²) in [4.78, 5) is 42.6. The van der Waals surface area contributed by atoms with Crippen LogP contribution in [0, 0.1) is 5.92 Å². The molecule has 0 aliphatic carbocycles. The molecule has 1 fully saturated rings. The van der Waals surface area contributed by atoms with Gasteiger partial charge in [0.2, 0.25) is 0 Å². The van der Waals surface area contributed by atoms with Crippen LogP contribution in [0.4, 0.5) is 5.69 Å². The van der Waals surface area contributed by atoms with Gasteiger partial charge in [-0.25, -0.2) is 0 Å². The first-order chi connectivity index (χ1) is 12.9. The molecule has 140 valence electrons. The average Bonchev–Trinajstić information content (AvgIpc) is 2.67. The van der Waals surface area contributed by atoms with Gasteiger partial charge < -0.3 is 10.2 Å². The second-order valence-electron chi connectivity index (χ2n) is 7.02. The van der Waals surface area contributed by atoms with E-state index in [0.29, 0.717) is 22.7 Å². The van der Waals surface area contributed by atoms with E-state index >= 15 is 0 Å². The molecule has 0 bridgehead atoms. The molecule has 2 heterocycles. The molecule has 0 saturated carbocycles. The molecule has 27 heavy (non-hydrogen) atoms. The number of anilines is 1. The summed E-state index contributed by atoms with van der Waals surface area (Å²) in [5, 5.41) is 2.73. The summed E-state index contributed by atoms with van der Waals surface area (Å²) in [6.45, 7) is 5.09. The number of hydrogen-bond acceptors (Lipinski definition) is 4.